The van der Waals surface area contributed by atoms with E-state index in [0.717, 1.165) is 23.0 Å². The Labute approximate surface area is 162 Å². The average molecular weight is 418 g/mol. The minimum Gasteiger partial charge on any atom is -0.334 e. The van der Waals surface area contributed by atoms with Crippen LogP contribution in [0.4, 0.5) is 4.79 Å². The van der Waals surface area contributed by atoms with Crippen LogP contribution in [0.1, 0.15) is 17.5 Å². The number of hydrogen-bond acceptors (Lipinski definition) is 3. The van der Waals surface area contributed by atoms with E-state index in [1.165, 1.54) is 5.56 Å². The number of nitrogens with one attached hydrogen (secondary N) is 2. The summed E-state index contributed by atoms with van der Waals surface area (Å²) in [5.41, 5.74) is 2.24. The molecule has 0 fully saturated rings. The molecule has 26 heavy (non-hydrogen) atoms. The predicted molar refractivity (Wildman–Crippen MR) is 107 cm³/mol. The molecule has 0 radical (unpaired) electrons. The Morgan fingerprint density at radius 3 is 2.35 bits per heavy atom. The van der Waals surface area contributed by atoms with Crippen molar-refractivity contribution in [3.05, 3.63) is 70.2 Å². The predicted octanol–water partition coefficient (Wildman–Crippen LogP) is 3.34. The topological polar surface area (TPSA) is 61.4 Å². The van der Waals surface area contributed by atoms with Gasteiger partial charge in [0.25, 0.3) is 0 Å². The Morgan fingerprint density at radius 2 is 1.65 bits per heavy atom. The lowest BCUT2D eigenvalue weighted by Crippen LogP contribution is -2.40. The minimum atomic E-state index is -0.462. The van der Waals surface area contributed by atoms with Crippen LogP contribution < -0.4 is 10.6 Å². The summed E-state index contributed by atoms with van der Waals surface area (Å²) in [6.07, 6.45) is 1.21. The number of carbonyl (C=O) groups excluding carboxylic acids is 2. The molecule has 0 heterocycles. The Hall–Kier alpha value is -2.18. The summed E-state index contributed by atoms with van der Waals surface area (Å²) in [7, 11) is 1.97. The number of urea groups is 1. The highest BCUT2D eigenvalue weighted by Gasteiger charge is 2.09. The van der Waals surface area contributed by atoms with Crippen LogP contribution in [0.5, 0.6) is 0 Å². The minimum absolute atomic E-state index is 0.272. The fourth-order valence-corrected chi connectivity index (χ4v) is 2.65. The summed E-state index contributed by atoms with van der Waals surface area (Å²) in [4.78, 5) is 25.7. The number of rotatable bonds is 8. The van der Waals surface area contributed by atoms with Crippen LogP contribution in [-0.2, 0) is 17.8 Å². The van der Waals surface area contributed by atoms with Gasteiger partial charge in [-0.05, 0) is 36.7 Å². The second-order valence-corrected chi connectivity index (χ2v) is 7.06. The van der Waals surface area contributed by atoms with Crippen molar-refractivity contribution in [3.8, 4) is 0 Å². The van der Waals surface area contributed by atoms with Crippen LogP contribution in [0.25, 0.3) is 0 Å². The molecule has 0 saturated heterocycles. The van der Waals surface area contributed by atoms with Crippen molar-refractivity contribution in [1.82, 2.24) is 15.5 Å². The van der Waals surface area contributed by atoms with Crippen LogP contribution >= 0.6 is 15.9 Å². The lowest BCUT2D eigenvalue weighted by atomic mass is 10.1. The molecule has 6 heteroatoms. The lowest BCUT2D eigenvalue weighted by Gasteiger charge is -2.16. The maximum Gasteiger partial charge on any atom is 0.321 e. The van der Waals surface area contributed by atoms with Gasteiger partial charge in [-0.2, -0.15) is 0 Å². The second kappa shape index (κ2) is 10.7. The molecule has 0 aliphatic rings. The zero-order valence-corrected chi connectivity index (χ0v) is 16.5. The van der Waals surface area contributed by atoms with Crippen molar-refractivity contribution in [2.45, 2.75) is 19.4 Å². The van der Waals surface area contributed by atoms with Gasteiger partial charge in [0.2, 0.25) is 5.91 Å². The smallest absolute Gasteiger partial charge is 0.321 e. The molecule has 2 rings (SSSR count). The third-order valence-corrected chi connectivity index (χ3v) is 4.49. The summed E-state index contributed by atoms with van der Waals surface area (Å²) in [6, 6.07) is 17.3. The molecule has 5 nitrogen and oxygen atoms in total. The summed E-state index contributed by atoms with van der Waals surface area (Å²) in [5, 5.41) is 5.05. The molecule has 0 saturated carbocycles. The van der Waals surface area contributed by atoms with Crippen molar-refractivity contribution in [2.24, 2.45) is 0 Å². The van der Waals surface area contributed by atoms with Gasteiger partial charge >= 0.3 is 6.03 Å². The van der Waals surface area contributed by atoms with E-state index >= 15 is 0 Å². The second-order valence-electron chi connectivity index (χ2n) is 6.15. The molecule has 138 valence electrons. The number of benzene rings is 2. The van der Waals surface area contributed by atoms with Gasteiger partial charge in [-0.25, -0.2) is 4.79 Å². The van der Waals surface area contributed by atoms with Gasteiger partial charge < -0.3 is 10.2 Å². The van der Waals surface area contributed by atoms with E-state index in [-0.39, 0.29) is 12.3 Å². The highest BCUT2D eigenvalue weighted by atomic mass is 79.9. The Balaban J connectivity index is 1.61. The quantitative estimate of drug-likeness (QED) is 0.692. The van der Waals surface area contributed by atoms with Crippen LogP contribution in [0.2, 0.25) is 0 Å². The first kappa shape index (κ1) is 20.1. The lowest BCUT2D eigenvalue weighted by molar-refractivity contribution is -0.120. The number of amides is 3. The summed E-state index contributed by atoms with van der Waals surface area (Å²) >= 11 is 3.42. The molecule has 0 aromatic heterocycles. The maximum absolute atomic E-state index is 11.9. The fourth-order valence-electron chi connectivity index (χ4n) is 2.39. The molecule has 0 unspecified atom stereocenters. The van der Waals surface area contributed by atoms with Crippen molar-refractivity contribution < 1.29 is 9.59 Å². The molecule has 2 aromatic carbocycles. The fraction of sp³-hybridized carbons (Fsp3) is 0.300. The van der Waals surface area contributed by atoms with Gasteiger partial charge in [0.05, 0.1) is 0 Å². The first-order chi connectivity index (χ1) is 12.5. The number of halogens is 1. The number of hydrogen-bond donors (Lipinski definition) is 2. The first-order valence-corrected chi connectivity index (χ1v) is 9.37. The number of nitrogens with zero attached hydrogens (tertiary/aromatic N) is 1. The highest BCUT2D eigenvalue weighted by molar-refractivity contribution is 9.10. The molecule has 2 aromatic rings. The highest BCUT2D eigenvalue weighted by Crippen LogP contribution is 2.11. The maximum atomic E-state index is 11.9. The van der Waals surface area contributed by atoms with E-state index in [2.05, 4.69) is 43.6 Å². The molecule has 2 N–H and O–H groups in total. The van der Waals surface area contributed by atoms with Crippen molar-refractivity contribution >= 4 is 27.9 Å². The molecule has 0 aliphatic carbocycles. The average Bonchev–Trinajstić information content (AvgIpc) is 2.65. The summed E-state index contributed by atoms with van der Waals surface area (Å²) < 4.78 is 1.07. The van der Waals surface area contributed by atoms with Crippen molar-refractivity contribution in [1.29, 1.82) is 0 Å². The van der Waals surface area contributed by atoms with E-state index in [1.54, 1.807) is 0 Å². The Bertz CT molecular complexity index is 705. The van der Waals surface area contributed by atoms with E-state index < -0.39 is 6.03 Å². The third kappa shape index (κ3) is 7.80. The van der Waals surface area contributed by atoms with Gasteiger partial charge in [-0.3, -0.25) is 10.1 Å². The number of likely N-dealkylation sites (N-methyl/N-ethyl adjacent to an activating group) is 1. The van der Waals surface area contributed by atoms with Crippen LogP contribution in [-0.4, -0.2) is 37.0 Å². The SMILES string of the molecule is CN(CCC(=O)NC(=O)NCc1ccccc1)CCc1ccc(Br)cc1. The molecule has 0 aliphatic heterocycles. The van der Waals surface area contributed by atoms with Crippen molar-refractivity contribution in [2.75, 3.05) is 20.1 Å². The van der Waals surface area contributed by atoms with Crippen LogP contribution in [0.3, 0.4) is 0 Å². The van der Waals surface area contributed by atoms with E-state index in [9.17, 15) is 9.59 Å². The third-order valence-electron chi connectivity index (χ3n) is 3.96. The van der Waals surface area contributed by atoms with E-state index in [0.29, 0.717) is 13.1 Å². The van der Waals surface area contributed by atoms with Crippen molar-refractivity contribution in [3.63, 3.8) is 0 Å². The summed E-state index contributed by atoms with van der Waals surface area (Å²) in [6.45, 7) is 1.86. The largest absolute Gasteiger partial charge is 0.334 e. The Kier molecular flexibility index (Phi) is 8.31. The number of imide groups is 1. The van der Waals surface area contributed by atoms with Gasteiger partial charge in [-0.1, -0.05) is 58.4 Å². The van der Waals surface area contributed by atoms with Gasteiger partial charge in [0.1, 0.15) is 0 Å². The van der Waals surface area contributed by atoms with Crippen LogP contribution in [0, 0.1) is 0 Å². The molecule has 3 amide bonds. The monoisotopic (exact) mass is 417 g/mol. The molecular weight excluding hydrogens is 394 g/mol. The van der Waals surface area contributed by atoms with Gasteiger partial charge in [-0.15, -0.1) is 0 Å². The molecular formula is C20H24BrN3O2. The zero-order chi connectivity index (χ0) is 18.8. The standard InChI is InChI=1S/C20H24BrN3O2/c1-24(13-11-16-7-9-18(21)10-8-16)14-12-19(25)23-20(26)22-15-17-5-3-2-4-6-17/h2-10H,11-15H2,1H3,(H2,22,23,25,26). The van der Waals surface area contributed by atoms with Crippen LogP contribution in [0.15, 0.2) is 59.1 Å². The summed E-state index contributed by atoms with van der Waals surface area (Å²) in [5.74, 6) is -0.272. The van der Waals surface area contributed by atoms with Gasteiger partial charge in [0.15, 0.2) is 0 Å². The molecule has 0 atom stereocenters. The van der Waals surface area contributed by atoms with E-state index in [4.69, 9.17) is 0 Å². The number of carbonyl (C=O) groups is 2. The van der Waals surface area contributed by atoms with Gasteiger partial charge in [0, 0.05) is 30.5 Å². The zero-order valence-electron chi connectivity index (χ0n) is 14.9. The molecule has 0 spiro atoms. The Morgan fingerprint density at radius 1 is 0.962 bits per heavy atom. The normalized spacial score (nSPS) is 10.6. The molecule has 0 bridgehead atoms. The van der Waals surface area contributed by atoms with E-state index in [1.807, 2.05) is 49.5 Å². The first-order valence-electron chi connectivity index (χ1n) is 8.57.